The van der Waals surface area contributed by atoms with Gasteiger partial charge >= 0.3 is 5.97 Å². The van der Waals surface area contributed by atoms with Crippen LogP contribution in [0.2, 0.25) is 0 Å². The topological polar surface area (TPSA) is 46.5 Å². The molecule has 19 heavy (non-hydrogen) atoms. The minimum absolute atomic E-state index is 0.186. The minimum atomic E-state index is -0.714. The normalized spacial score (nSPS) is 26.0. The van der Waals surface area contributed by atoms with Crippen LogP contribution in [0.5, 0.6) is 0 Å². The molecule has 0 aromatic heterocycles. The molecule has 0 saturated carbocycles. The van der Waals surface area contributed by atoms with E-state index in [0.717, 1.165) is 19.3 Å². The first-order valence-electron chi connectivity index (χ1n) is 6.81. The van der Waals surface area contributed by atoms with Crippen molar-refractivity contribution in [3.63, 3.8) is 0 Å². The second-order valence-electron chi connectivity index (χ2n) is 6.27. The van der Waals surface area contributed by atoms with Gasteiger partial charge in [0.05, 0.1) is 12.0 Å². The quantitative estimate of drug-likeness (QED) is 0.905. The summed E-state index contributed by atoms with van der Waals surface area (Å²) in [4.78, 5) is 11.2. The average Bonchev–Trinajstić information content (AvgIpc) is 2.27. The van der Waals surface area contributed by atoms with Crippen LogP contribution in [0.4, 0.5) is 0 Å². The molecule has 2 rings (SSSR count). The van der Waals surface area contributed by atoms with Crippen LogP contribution >= 0.6 is 0 Å². The fraction of sp³-hybridized carbons (Fsp3) is 0.562. The van der Waals surface area contributed by atoms with E-state index in [4.69, 9.17) is 4.74 Å². The monoisotopic (exact) mass is 262 g/mol. The first kappa shape index (κ1) is 14.1. The summed E-state index contributed by atoms with van der Waals surface area (Å²) in [6.45, 7) is 4.74. The van der Waals surface area contributed by atoms with Crippen molar-refractivity contribution < 1.29 is 14.6 Å². The Labute approximate surface area is 114 Å². The van der Waals surface area contributed by atoms with Gasteiger partial charge in [-0.05, 0) is 44.1 Å². The van der Waals surface area contributed by atoms with Crippen LogP contribution in [0.1, 0.15) is 38.7 Å². The van der Waals surface area contributed by atoms with Gasteiger partial charge in [-0.1, -0.05) is 30.3 Å². The molecule has 104 valence electrons. The van der Waals surface area contributed by atoms with E-state index >= 15 is 0 Å². The van der Waals surface area contributed by atoms with E-state index in [-0.39, 0.29) is 17.4 Å². The molecule has 1 aromatic rings. The van der Waals surface area contributed by atoms with Gasteiger partial charge in [-0.3, -0.25) is 4.79 Å². The first-order valence-corrected chi connectivity index (χ1v) is 6.81. The fourth-order valence-corrected chi connectivity index (χ4v) is 3.30. The number of hydrogen-bond donors (Lipinski definition) is 1. The molecule has 0 unspecified atom stereocenters. The molecule has 1 atom stereocenters. The van der Waals surface area contributed by atoms with Gasteiger partial charge in [0.1, 0.15) is 0 Å². The van der Waals surface area contributed by atoms with E-state index in [1.54, 1.807) is 0 Å². The average molecular weight is 262 g/mol. The molecule has 1 aliphatic rings. The lowest BCUT2D eigenvalue weighted by molar-refractivity contribution is -0.147. The van der Waals surface area contributed by atoms with E-state index in [1.807, 2.05) is 32.0 Å². The predicted octanol–water partition coefficient (Wildman–Crippen LogP) is 3.28. The largest absolute Gasteiger partial charge is 0.481 e. The number of carboxylic acid groups (broad SMARTS) is 1. The fourth-order valence-electron chi connectivity index (χ4n) is 3.30. The Bertz CT molecular complexity index is 439. The van der Waals surface area contributed by atoms with Crippen molar-refractivity contribution in [3.05, 3.63) is 35.9 Å². The summed E-state index contributed by atoms with van der Waals surface area (Å²) < 4.78 is 5.75. The number of aliphatic carboxylic acids is 1. The number of carboxylic acids is 1. The van der Waals surface area contributed by atoms with E-state index in [2.05, 4.69) is 12.1 Å². The van der Waals surface area contributed by atoms with E-state index in [9.17, 15) is 9.90 Å². The van der Waals surface area contributed by atoms with Gasteiger partial charge in [-0.15, -0.1) is 0 Å². The van der Waals surface area contributed by atoms with Crippen molar-refractivity contribution in [2.75, 3.05) is 6.61 Å². The standard InChI is InChI=1S/C16H22O3/c1-15(2)12-16(8-9-19-15,11-14(17)18)10-13-6-4-3-5-7-13/h3-7H,8-12H2,1-2H3,(H,17,18)/t16-/m1/s1. The summed E-state index contributed by atoms with van der Waals surface area (Å²) in [5, 5.41) is 9.24. The van der Waals surface area contributed by atoms with Gasteiger partial charge < -0.3 is 9.84 Å². The van der Waals surface area contributed by atoms with Crippen LogP contribution < -0.4 is 0 Å². The smallest absolute Gasteiger partial charge is 0.303 e. The highest BCUT2D eigenvalue weighted by Gasteiger charge is 2.42. The molecule has 0 radical (unpaired) electrons. The Hall–Kier alpha value is -1.35. The van der Waals surface area contributed by atoms with Gasteiger partial charge in [0.25, 0.3) is 0 Å². The maximum Gasteiger partial charge on any atom is 0.303 e. The van der Waals surface area contributed by atoms with Crippen molar-refractivity contribution in [1.82, 2.24) is 0 Å². The van der Waals surface area contributed by atoms with Crippen molar-refractivity contribution >= 4 is 5.97 Å². The molecule has 1 fully saturated rings. The summed E-state index contributed by atoms with van der Waals surface area (Å²) in [6, 6.07) is 10.2. The molecule has 1 aromatic carbocycles. The zero-order valence-corrected chi connectivity index (χ0v) is 11.7. The molecule has 0 bridgehead atoms. The highest BCUT2D eigenvalue weighted by Crippen LogP contribution is 2.43. The lowest BCUT2D eigenvalue weighted by Gasteiger charge is -2.44. The molecule has 3 nitrogen and oxygen atoms in total. The zero-order chi connectivity index (χ0) is 13.9. The molecular weight excluding hydrogens is 240 g/mol. The lowest BCUT2D eigenvalue weighted by Crippen LogP contribution is -2.43. The first-order chi connectivity index (χ1) is 8.91. The molecule has 1 aliphatic heterocycles. The maximum absolute atomic E-state index is 11.2. The van der Waals surface area contributed by atoms with Crippen LogP contribution in [-0.2, 0) is 16.0 Å². The van der Waals surface area contributed by atoms with Crippen molar-refractivity contribution in [3.8, 4) is 0 Å². The second kappa shape index (κ2) is 5.33. The zero-order valence-electron chi connectivity index (χ0n) is 11.7. The van der Waals surface area contributed by atoms with Crippen LogP contribution in [0.25, 0.3) is 0 Å². The molecule has 0 spiro atoms. The minimum Gasteiger partial charge on any atom is -0.481 e. The van der Waals surface area contributed by atoms with Gasteiger partial charge in [0.15, 0.2) is 0 Å². The summed E-state index contributed by atoms with van der Waals surface area (Å²) in [5.41, 5.74) is 0.790. The molecule has 1 N–H and O–H groups in total. The predicted molar refractivity (Wildman–Crippen MR) is 74.1 cm³/mol. The Morgan fingerprint density at radius 2 is 2.00 bits per heavy atom. The van der Waals surface area contributed by atoms with Gasteiger partial charge in [-0.25, -0.2) is 0 Å². The van der Waals surface area contributed by atoms with Crippen molar-refractivity contribution in [1.29, 1.82) is 0 Å². The van der Waals surface area contributed by atoms with Gasteiger partial charge in [0, 0.05) is 6.61 Å². The van der Waals surface area contributed by atoms with Crippen LogP contribution in [0, 0.1) is 5.41 Å². The lowest BCUT2D eigenvalue weighted by atomic mass is 9.68. The van der Waals surface area contributed by atoms with E-state index < -0.39 is 5.97 Å². The third-order valence-electron chi connectivity index (χ3n) is 3.87. The third-order valence-corrected chi connectivity index (χ3v) is 3.87. The summed E-state index contributed by atoms with van der Waals surface area (Å²) in [7, 11) is 0. The number of rotatable bonds is 4. The van der Waals surface area contributed by atoms with Crippen LogP contribution in [0.3, 0.4) is 0 Å². The highest BCUT2D eigenvalue weighted by atomic mass is 16.5. The number of hydrogen-bond acceptors (Lipinski definition) is 2. The number of carbonyl (C=O) groups is 1. The Balaban J connectivity index is 2.22. The molecule has 1 saturated heterocycles. The third kappa shape index (κ3) is 3.80. The van der Waals surface area contributed by atoms with E-state index in [1.165, 1.54) is 5.56 Å². The Morgan fingerprint density at radius 3 is 2.58 bits per heavy atom. The maximum atomic E-state index is 11.2. The van der Waals surface area contributed by atoms with E-state index in [0.29, 0.717) is 6.61 Å². The Morgan fingerprint density at radius 1 is 1.32 bits per heavy atom. The molecule has 1 heterocycles. The number of benzene rings is 1. The van der Waals surface area contributed by atoms with Crippen molar-refractivity contribution in [2.45, 2.75) is 45.1 Å². The molecular formula is C16H22O3. The van der Waals surface area contributed by atoms with Gasteiger partial charge in [0.2, 0.25) is 0 Å². The SMILES string of the molecule is CC1(C)C[C@@](CC(=O)O)(Cc2ccccc2)CCO1. The number of ether oxygens (including phenoxy) is 1. The summed E-state index contributed by atoms with van der Waals surface area (Å²) in [6.07, 6.45) is 2.64. The summed E-state index contributed by atoms with van der Waals surface area (Å²) in [5.74, 6) is -0.714. The van der Waals surface area contributed by atoms with Crippen LogP contribution in [-0.4, -0.2) is 23.3 Å². The van der Waals surface area contributed by atoms with Crippen molar-refractivity contribution in [2.24, 2.45) is 5.41 Å². The molecule has 3 heteroatoms. The molecule has 0 amide bonds. The summed E-state index contributed by atoms with van der Waals surface area (Å²) >= 11 is 0. The highest BCUT2D eigenvalue weighted by molar-refractivity contribution is 5.67. The van der Waals surface area contributed by atoms with Crippen LogP contribution in [0.15, 0.2) is 30.3 Å². The van der Waals surface area contributed by atoms with Gasteiger partial charge in [-0.2, -0.15) is 0 Å². The Kier molecular flexibility index (Phi) is 3.95. The second-order valence-corrected chi connectivity index (χ2v) is 6.27. The molecule has 0 aliphatic carbocycles.